The van der Waals surface area contributed by atoms with Crippen molar-refractivity contribution in [2.75, 3.05) is 26.9 Å². The standard InChI is InChI=1S/C47H69NO8S/c1-8-9-10-14-23-30-45(53-34-35-54-45)31-24-15-12-11-13-22-29-39(46(51,32-33-52-7)42(50)55-44(4,5)6)41(49)48-40(36(2)3)47(56-43(48)57,37-25-18-16-19-26-37)38-27-20-17-21-28-38/h16-22,25-29,36,39-40,51H,8-15,23-24,30-35H2,1-7H3/b29-22+/t39?,40-,46?/m0/s1. The molecule has 2 aromatic rings. The van der Waals surface area contributed by atoms with Crippen molar-refractivity contribution in [2.24, 2.45) is 11.8 Å². The fourth-order valence-electron chi connectivity index (χ4n) is 8.29. The Kier molecular flexibility index (Phi) is 17.7. The summed E-state index contributed by atoms with van der Waals surface area (Å²) in [4.78, 5) is 30.8. The highest BCUT2D eigenvalue weighted by Crippen LogP contribution is 2.48. The third kappa shape index (κ3) is 12.0. The lowest BCUT2D eigenvalue weighted by atomic mass is 9.75. The van der Waals surface area contributed by atoms with Gasteiger partial charge in [0.2, 0.25) is 5.91 Å². The minimum absolute atomic E-state index is 0.0166. The number of hydrogen-bond acceptors (Lipinski definition) is 9. The van der Waals surface area contributed by atoms with E-state index in [0.717, 1.165) is 56.1 Å². The number of carbonyl (C=O) groups excluding carboxylic acids is 2. The van der Waals surface area contributed by atoms with Crippen LogP contribution >= 0.6 is 12.2 Å². The van der Waals surface area contributed by atoms with Gasteiger partial charge in [0, 0.05) is 44.1 Å². The summed E-state index contributed by atoms with van der Waals surface area (Å²) in [6.07, 6.45) is 15.8. The predicted octanol–water partition coefficient (Wildman–Crippen LogP) is 9.82. The second-order valence-electron chi connectivity index (χ2n) is 17.0. The van der Waals surface area contributed by atoms with Gasteiger partial charge in [-0.25, -0.2) is 4.79 Å². The molecule has 0 bridgehead atoms. The molecular weight excluding hydrogens is 739 g/mol. The first-order valence-electron chi connectivity index (χ1n) is 21.3. The van der Waals surface area contributed by atoms with E-state index in [9.17, 15) is 9.90 Å². The number of esters is 1. The lowest BCUT2D eigenvalue weighted by molar-refractivity contribution is -0.186. The lowest BCUT2D eigenvalue weighted by Gasteiger charge is -2.40. The van der Waals surface area contributed by atoms with Crippen molar-refractivity contribution in [3.8, 4) is 0 Å². The largest absolute Gasteiger partial charge is 0.458 e. The first-order chi connectivity index (χ1) is 27.2. The summed E-state index contributed by atoms with van der Waals surface area (Å²) in [7, 11) is 1.49. The van der Waals surface area contributed by atoms with Gasteiger partial charge in [-0.05, 0) is 64.6 Å². The number of allylic oxidation sites excluding steroid dienone is 1. The molecule has 10 heteroatoms. The van der Waals surface area contributed by atoms with Crippen molar-refractivity contribution in [3.05, 3.63) is 83.9 Å². The number of nitrogens with zero attached hydrogens (tertiary/aromatic N) is 1. The van der Waals surface area contributed by atoms with Gasteiger partial charge < -0.3 is 28.8 Å². The van der Waals surface area contributed by atoms with Crippen molar-refractivity contribution in [2.45, 2.75) is 154 Å². The number of ether oxygens (including phenoxy) is 5. The Bertz CT molecular complexity index is 1530. The van der Waals surface area contributed by atoms with E-state index in [4.69, 9.17) is 35.9 Å². The van der Waals surface area contributed by atoms with Crippen molar-refractivity contribution < 1.29 is 38.4 Å². The maximum atomic E-state index is 15.3. The van der Waals surface area contributed by atoms with Crippen LogP contribution in [0.15, 0.2) is 72.8 Å². The first kappa shape index (κ1) is 46.5. The molecule has 0 spiro atoms. The van der Waals surface area contributed by atoms with Crippen molar-refractivity contribution in [1.82, 2.24) is 4.90 Å². The fraction of sp³-hybridized carbons (Fsp3) is 0.638. The average molecular weight is 808 g/mol. The maximum Gasteiger partial charge on any atom is 0.339 e. The number of rotatable bonds is 23. The molecule has 3 atom stereocenters. The van der Waals surface area contributed by atoms with Crippen LogP contribution in [0.1, 0.15) is 136 Å². The van der Waals surface area contributed by atoms with Gasteiger partial charge in [0.1, 0.15) is 5.60 Å². The van der Waals surface area contributed by atoms with E-state index < -0.39 is 46.4 Å². The van der Waals surface area contributed by atoms with E-state index in [2.05, 4.69) is 6.92 Å². The third-order valence-electron chi connectivity index (χ3n) is 11.1. The molecule has 2 heterocycles. The molecular formula is C47H69NO8S. The zero-order valence-corrected chi connectivity index (χ0v) is 36.5. The third-order valence-corrected chi connectivity index (χ3v) is 11.4. The summed E-state index contributed by atoms with van der Waals surface area (Å²) in [6, 6.07) is 18.9. The van der Waals surface area contributed by atoms with Gasteiger partial charge in [0.05, 0.1) is 25.2 Å². The quantitative estimate of drug-likeness (QED) is 0.0509. The van der Waals surface area contributed by atoms with Crippen LogP contribution in [0.25, 0.3) is 0 Å². The van der Waals surface area contributed by atoms with Gasteiger partial charge >= 0.3 is 5.97 Å². The molecule has 9 nitrogen and oxygen atoms in total. The van der Waals surface area contributed by atoms with Crippen LogP contribution in [0.5, 0.6) is 0 Å². The lowest BCUT2D eigenvalue weighted by Crippen LogP contribution is -2.58. The smallest absolute Gasteiger partial charge is 0.339 e. The SMILES string of the molecule is CCCCCCCC1(CCCCCC/C=C/C(C(=O)N2C(=S)OC(c3ccccc3)(c3ccccc3)[C@@H]2C(C)C)C(O)(CCOC)C(=O)OC(C)(C)C)OCCO1. The van der Waals surface area contributed by atoms with Gasteiger partial charge in [-0.15, -0.1) is 0 Å². The molecule has 2 aliphatic heterocycles. The molecule has 1 N–H and O–H groups in total. The van der Waals surface area contributed by atoms with Crippen molar-refractivity contribution in [1.29, 1.82) is 0 Å². The summed E-state index contributed by atoms with van der Waals surface area (Å²) in [5, 5.41) is 12.5. The monoisotopic (exact) mass is 807 g/mol. The van der Waals surface area contributed by atoms with E-state index in [0.29, 0.717) is 19.6 Å². The second kappa shape index (κ2) is 21.7. The minimum atomic E-state index is -2.26. The number of carbonyl (C=O) groups is 2. The number of methoxy groups -OCH3 is 1. The van der Waals surface area contributed by atoms with Crippen LogP contribution in [0.3, 0.4) is 0 Å². The highest BCUT2D eigenvalue weighted by Gasteiger charge is 2.60. The molecule has 2 saturated heterocycles. The molecule has 0 radical (unpaired) electrons. The summed E-state index contributed by atoms with van der Waals surface area (Å²) < 4.78 is 30.2. The van der Waals surface area contributed by atoms with Crippen LogP contribution in [0, 0.1) is 11.8 Å². The average Bonchev–Trinajstić information content (AvgIpc) is 3.79. The van der Waals surface area contributed by atoms with Gasteiger partial charge in [-0.2, -0.15) is 0 Å². The number of hydrogen-bond donors (Lipinski definition) is 1. The normalized spacial score (nSPS) is 19.5. The number of amides is 1. The molecule has 316 valence electrons. The Morgan fingerprint density at radius 3 is 1.95 bits per heavy atom. The topological polar surface area (TPSA) is 104 Å². The van der Waals surface area contributed by atoms with Crippen LogP contribution in [-0.2, 0) is 38.9 Å². The zero-order chi connectivity index (χ0) is 41.5. The second-order valence-corrected chi connectivity index (χ2v) is 17.4. The number of benzene rings is 2. The summed E-state index contributed by atoms with van der Waals surface area (Å²) in [6.45, 7) is 12.8. The molecule has 4 rings (SSSR count). The van der Waals surface area contributed by atoms with Crippen LogP contribution in [-0.4, -0.2) is 77.0 Å². The van der Waals surface area contributed by atoms with E-state index >= 15 is 4.79 Å². The Morgan fingerprint density at radius 1 is 0.895 bits per heavy atom. The highest BCUT2D eigenvalue weighted by molar-refractivity contribution is 7.80. The van der Waals surface area contributed by atoms with Crippen LogP contribution < -0.4 is 0 Å². The van der Waals surface area contributed by atoms with E-state index in [-0.39, 0.29) is 24.1 Å². The van der Waals surface area contributed by atoms with Crippen molar-refractivity contribution >= 4 is 29.3 Å². The highest BCUT2D eigenvalue weighted by atomic mass is 32.1. The Hall–Kier alpha value is -3.15. The minimum Gasteiger partial charge on any atom is -0.458 e. The van der Waals surface area contributed by atoms with Crippen LogP contribution in [0.2, 0.25) is 0 Å². The summed E-state index contributed by atoms with van der Waals surface area (Å²) in [5.74, 6) is -3.38. The number of thiocarbonyl (C=S) groups is 1. The molecule has 2 aromatic carbocycles. The molecule has 2 aliphatic rings. The Labute approximate surface area is 347 Å². The first-order valence-corrected chi connectivity index (χ1v) is 21.7. The molecule has 57 heavy (non-hydrogen) atoms. The number of unbranched alkanes of at least 4 members (excludes halogenated alkanes) is 8. The molecule has 0 aromatic heterocycles. The maximum absolute atomic E-state index is 15.3. The predicted molar refractivity (Wildman–Crippen MR) is 228 cm³/mol. The molecule has 2 unspecified atom stereocenters. The summed E-state index contributed by atoms with van der Waals surface area (Å²) in [5.41, 5.74) is -2.64. The van der Waals surface area contributed by atoms with Gasteiger partial charge in [0.25, 0.3) is 5.17 Å². The van der Waals surface area contributed by atoms with Gasteiger partial charge in [-0.1, -0.05) is 132 Å². The van der Waals surface area contributed by atoms with Crippen molar-refractivity contribution in [3.63, 3.8) is 0 Å². The molecule has 1 amide bonds. The number of aliphatic hydroxyl groups is 1. The van der Waals surface area contributed by atoms with E-state index in [1.165, 1.54) is 37.7 Å². The van der Waals surface area contributed by atoms with Gasteiger partial charge in [0.15, 0.2) is 17.0 Å². The Balaban J connectivity index is 1.59. The van der Waals surface area contributed by atoms with Crippen LogP contribution in [0.4, 0.5) is 0 Å². The zero-order valence-electron chi connectivity index (χ0n) is 35.6. The molecule has 0 aliphatic carbocycles. The Morgan fingerprint density at radius 2 is 1.44 bits per heavy atom. The molecule has 0 saturated carbocycles. The summed E-state index contributed by atoms with van der Waals surface area (Å²) >= 11 is 5.95. The van der Waals surface area contributed by atoms with E-state index in [1.807, 2.05) is 80.6 Å². The van der Waals surface area contributed by atoms with E-state index in [1.54, 1.807) is 26.8 Å². The fourth-order valence-corrected chi connectivity index (χ4v) is 8.63. The molecule has 2 fully saturated rings. The van der Waals surface area contributed by atoms with Gasteiger partial charge in [-0.3, -0.25) is 9.69 Å².